The lowest BCUT2D eigenvalue weighted by atomic mass is 9.99. The number of nitrogens with one attached hydrogen (secondary N) is 2. The van der Waals surface area contributed by atoms with Crippen molar-refractivity contribution in [1.82, 2.24) is 14.4 Å². The van der Waals surface area contributed by atoms with E-state index in [2.05, 4.69) is 30.8 Å². The number of aromatic amines is 1. The molecule has 0 fully saturated rings. The van der Waals surface area contributed by atoms with Gasteiger partial charge < -0.3 is 4.74 Å². The van der Waals surface area contributed by atoms with E-state index in [0.717, 1.165) is 34.9 Å². The minimum Gasteiger partial charge on any atom is -0.495 e. The molecule has 0 saturated carbocycles. The maximum atomic E-state index is 12.3. The molecule has 9 nitrogen and oxygen atoms in total. The van der Waals surface area contributed by atoms with Crippen LogP contribution in [0.15, 0.2) is 61.8 Å². The lowest BCUT2D eigenvalue weighted by molar-refractivity contribution is 0.413. The Balaban J connectivity index is 1.81. The zero-order valence-corrected chi connectivity index (χ0v) is 19.6. The molecule has 0 saturated heterocycles. The molecule has 4 rings (SSSR count). The van der Waals surface area contributed by atoms with Gasteiger partial charge in [0.25, 0.3) is 5.56 Å². The van der Waals surface area contributed by atoms with Crippen LogP contribution < -0.4 is 20.8 Å². The molecule has 0 atom stereocenters. The molecule has 2 N–H and O–H groups in total. The molecule has 1 aliphatic rings. The molecular formula is C21H19BrN4O5S. The highest BCUT2D eigenvalue weighted by atomic mass is 79.9. The van der Waals surface area contributed by atoms with Gasteiger partial charge in [-0.05, 0) is 52.0 Å². The molecule has 166 valence electrons. The third kappa shape index (κ3) is 4.39. The molecule has 0 amide bonds. The summed E-state index contributed by atoms with van der Waals surface area (Å²) in [5.41, 5.74) is 3.73. The predicted octanol–water partition coefficient (Wildman–Crippen LogP) is 2.16. The van der Waals surface area contributed by atoms with Crippen molar-refractivity contribution < 1.29 is 13.2 Å². The fourth-order valence-electron chi connectivity index (χ4n) is 3.65. The zero-order chi connectivity index (χ0) is 23.0. The number of halogens is 1. The van der Waals surface area contributed by atoms with Crippen LogP contribution in [0.3, 0.4) is 0 Å². The number of methoxy groups -OCH3 is 1. The van der Waals surface area contributed by atoms with Crippen molar-refractivity contribution in [3.63, 3.8) is 0 Å². The SMILES string of the molecule is COc1c(Br)cc(-n2ccc(=O)[nH]c2=O)cc1-c1ccc2c(c1)CCC2=NNS(C)(=O)=O. The van der Waals surface area contributed by atoms with E-state index in [4.69, 9.17) is 4.74 Å². The quantitative estimate of drug-likeness (QED) is 0.501. The normalized spacial score (nSPS) is 14.4. The number of H-pyrrole nitrogens is 1. The second-order valence-corrected chi connectivity index (χ2v) is 9.86. The number of ether oxygens (including phenoxy) is 1. The maximum absolute atomic E-state index is 12.3. The van der Waals surface area contributed by atoms with Gasteiger partial charge in [0.15, 0.2) is 0 Å². The minimum absolute atomic E-state index is 0.472. The molecule has 1 aliphatic carbocycles. The van der Waals surface area contributed by atoms with Gasteiger partial charge in [0, 0.05) is 23.4 Å². The summed E-state index contributed by atoms with van der Waals surface area (Å²) in [7, 11) is -1.87. The molecular weight excluding hydrogens is 500 g/mol. The van der Waals surface area contributed by atoms with Gasteiger partial charge in [-0.1, -0.05) is 18.2 Å². The van der Waals surface area contributed by atoms with Crippen LogP contribution >= 0.6 is 15.9 Å². The van der Waals surface area contributed by atoms with Gasteiger partial charge in [-0.3, -0.25) is 14.3 Å². The Morgan fingerprint density at radius 3 is 2.59 bits per heavy atom. The van der Waals surface area contributed by atoms with Gasteiger partial charge in [0.2, 0.25) is 10.0 Å². The van der Waals surface area contributed by atoms with Crippen molar-refractivity contribution in [3.8, 4) is 22.6 Å². The Morgan fingerprint density at radius 2 is 1.91 bits per heavy atom. The van der Waals surface area contributed by atoms with Crippen LogP contribution in [0.25, 0.3) is 16.8 Å². The number of benzene rings is 2. The fraction of sp³-hybridized carbons (Fsp3) is 0.190. The molecule has 1 heterocycles. The van der Waals surface area contributed by atoms with Crippen LogP contribution in [0.5, 0.6) is 5.75 Å². The first-order valence-electron chi connectivity index (χ1n) is 9.53. The fourth-order valence-corrected chi connectivity index (χ4v) is 4.54. The molecule has 0 unspecified atom stereocenters. The van der Waals surface area contributed by atoms with E-state index in [9.17, 15) is 18.0 Å². The Labute approximate surface area is 191 Å². The van der Waals surface area contributed by atoms with Gasteiger partial charge in [0.1, 0.15) is 5.75 Å². The number of fused-ring (bicyclic) bond motifs is 1. The van der Waals surface area contributed by atoms with Gasteiger partial charge in [0.05, 0.1) is 29.2 Å². The summed E-state index contributed by atoms with van der Waals surface area (Å²) in [6.07, 6.45) is 3.81. The van der Waals surface area contributed by atoms with E-state index in [1.54, 1.807) is 19.2 Å². The number of nitrogens with zero attached hydrogens (tertiary/aromatic N) is 2. The predicted molar refractivity (Wildman–Crippen MR) is 125 cm³/mol. The summed E-state index contributed by atoms with van der Waals surface area (Å²) < 4.78 is 30.3. The van der Waals surface area contributed by atoms with E-state index in [1.807, 2.05) is 18.2 Å². The van der Waals surface area contributed by atoms with Crippen LogP contribution in [0.2, 0.25) is 0 Å². The van der Waals surface area contributed by atoms with Crippen LogP contribution in [-0.2, 0) is 16.4 Å². The Morgan fingerprint density at radius 1 is 1.12 bits per heavy atom. The average Bonchev–Trinajstić information content (AvgIpc) is 3.13. The number of rotatable bonds is 5. The molecule has 0 radical (unpaired) electrons. The average molecular weight is 519 g/mol. The highest BCUT2D eigenvalue weighted by Gasteiger charge is 2.21. The highest BCUT2D eigenvalue weighted by Crippen LogP contribution is 2.39. The van der Waals surface area contributed by atoms with Crippen molar-refractivity contribution in [3.05, 3.63) is 79.0 Å². The van der Waals surface area contributed by atoms with Crippen molar-refractivity contribution in [2.45, 2.75) is 12.8 Å². The lowest BCUT2D eigenvalue weighted by Gasteiger charge is -2.15. The standard InChI is InChI=1S/C21H19BrN4O5S/c1-31-20-16(10-14(11-17(20)22)26-8-7-19(27)23-21(26)28)13-3-5-15-12(9-13)4-6-18(15)24-25-32(2,29)30/h3,5,7-11,25H,4,6H2,1-2H3,(H,23,27,28). The Bertz CT molecular complexity index is 1470. The van der Waals surface area contributed by atoms with E-state index in [0.29, 0.717) is 28.0 Å². The third-order valence-corrected chi connectivity index (χ3v) is 6.05. The van der Waals surface area contributed by atoms with Crippen LogP contribution in [0, 0.1) is 0 Å². The minimum atomic E-state index is -3.43. The lowest BCUT2D eigenvalue weighted by Crippen LogP contribution is -2.27. The first-order chi connectivity index (χ1) is 15.2. The number of hydrogen-bond acceptors (Lipinski definition) is 6. The van der Waals surface area contributed by atoms with Crippen molar-refractivity contribution in [2.24, 2.45) is 5.10 Å². The molecule has 11 heteroatoms. The molecule has 2 aromatic carbocycles. The highest BCUT2D eigenvalue weighted by molar-refractivity contribution is 9.10. The van der Waals surface area contributed by atoms with Crippen LogP contribution in [0.1, 0.15) is 17.5 Å². The second kappa shape index (κ2) is 8.40. The number of hydrogen-bond donors (Lipinski definition) is 2. The first kappa shape index (κ1) is 22.0. The Kier molecular flexibility index (Phi) is 5.78. The maximum Gasteiger partial charge on any atom is 0.332 e. The molecule has 0 aliphatic heterocycles. The number of sulfonamides is 1. The van der Waals surface area contributed by atoms with Gasteiger partial charge in [-0.2, -0.15) is 5.10 Å². The van der Waals surface area contributed by atoms with Crippen molar-refractivity contribution >= 4 is 31.7 Å². The summed E-state index contributed by atoms with van der Waals surface area (Å²) in [5, 5.41) is 4.04. The second-order valence-electron chi connectivity index (χ2n) is 7.28. The molecule has 3 aromatic rings. The van der Waals surface area contributed by atoms with Crippen LogP contribution in [0.4, 0.5) is 0 Å². The Hall–Kier alpha value is -3.18. The number of aromatic nitrogens is 2. The molecule has 0 bridgehead atoms. The number of hydrazone groups is 1. The van der Waals surface area contributed by atoms with Gasteiger partial charge in [-0.15, -0.1) is 0 Å². The third-order valence-electron chi connectivity index (χ3n) is 5.04. The number of aryl methyl sites for hydroxylation is 1. The first-order valence-corrected chi connectivity index (χ1v) is 12.2. The van der Waals surface area contributed by atoms with Gasteiger partial charge >= 0.3 is 5.69 Å². The van der Waals surface area contributed by atoms with E-state index < -0.39 is 21.3 Å². The summed E-state index contributed by atoms with van der Waals surface area (Å²) in [5.74, 6) is 0.594. The largest absolute Gasteiger partial charge is 0.495 e. The molecule has 1 aromatic heterocycles. The van der Waals surface area contributed by atoms with Gasteiger partial charge in [-0.25, -0.2) is 18.0 Å². The zero-order valence-electron chi connectivity index (χ0n) is 17.2. The van der Waals surface area contributed by atoms with Crippen molar-refractivity contribution in [1.29, 1.82) is 0 Å². The summed E-state index contributed by atoms with van der Waals surface area (Å²) >= 11 is 3.51. The van der Waals surface area contributed by atoms with E-state index in [-0.39, 0.29) is 0 Å². The summed E-state index contributed by atoms with van der Waals surface area (Å²) in [6.45, 7) is 0. The van der Waals surface area contributed by atoms with E-state index >= 15 is 0 Å². The summed E-state index contributed by atoms with van der Waals surface area (Å²) in [6, 6.07) is 10.6. The smallest absolute Gasteiger partial charge is 0.332 e. The monoisotopic (exact) mass is 518 g/mol. The van der Waals surface area contributed by atoms with Crippen LogP contribution in [-0.4, -0.2) is 37.0 Å². The molecule has 32 heavy (non-hydrogen) atoms. The topological polar surface area (TPSA) is 123 Å². The van der Waals surface area contributed by atoms with E-state index in [1.165, 1.54) is 16.8 Å². The molecule has 0 spiro atoms. The van der Waals surface area contributed by atoms with Crippen molar-refractivity contribution in [2.75, 3.05) is 13.4 Å². The summed E-state index contributed by atoms with van der Waals surface area (Å²) in [4.78, 5) is 28.1.